The van der Waals surface area contributed by atoms with Crippen LogP contribution in [0.25, 0.3) is 22.2 Å². The maximum atomic E-state index is 16.9. The maximum absolute atomic E-state index is 16.9. The van der Waals surface area contributed by atoms with Gasteiger partial charge in [-0.05, 0) is 77.6 Å². The average molecular weight is 660 g/mol. The molecule has 2 aromatic heterocycles. The molecule has 1 saturated carbocycles. The van der Waals surface area contributed by atoms with Gasteiger partial charge in [-0.2, -0.15) is 23.1 Å². The number of ether oxygens (including phenoxy) is 2. The van der Waals surface area contributed by atoms with E-state index in [4.69, 9.17) is 20.2 Å². The molecule has 47 heavy (non-hydrogen) atoms. The molecule has 6 heterocycles. The second-order valence-electron chi connectivity index (χ2n) is 14.1. The minimum Gasteiger partial charge on any atom is -0.472 e. The van der Waals surface area contributed by atoms with Gasteiger partial charge in [-0.25, -0.2) is 13.8 Å². The summed E-state index contributed by atoms with van der Waals surface area (Å²) in [7, 11) is 2.13. The van der Waals surface area contributed by atoms with Crippen LogP contribution in [0.2, 0.25) is 0 Å². The Balaban J connectivity index is 1.32. The third kappa shape index (κ3) is 4.72. The number of fused-ring (bicyclic) bond motifs is 6. The van der Waals surface area contributed by atoms with Gasteiger partial charge < -0.3 is 30.3 Å². The van der Waals surface area contributed by atoms with Crippen molar-refractivity contribution >= 4 is 22.4 Å². The van der Waals surface area contributed by atoms with Crippen molar-refractivity contribution in [3.8, 4) is 23.1 Å². The summed E-state index contributed by atoms with van der Waals surface area (Å²) in [5.41, 5.74) is 1.41. The van der Waals surface area contributed by atoms with Crippen LogP contribution in [-0.2, 0) is 6.18 Å². The molecule has 9 nitrogen and oxygen atoms in total. The van der Waals surface area contributed by atoms with Crippen molar-refractivity contribution in [1.29, 1.82) is 0 Å². The smallest absolute Gasteiger partial charge is 0.417 e. The summed E-state index contributed by atoms with van der Waals surface area (Å²) < 4.78 is 87.7. The number of anilines is 2. The molecule has 252 valence electrons. The molecule has 4 aliphatic heterocycles. The number of piperazine rings is 1. The summed E-state index contributed by atoms with van der Waals surface area (Å²) in [4.78, 5) is 18.2. The number of aromatic nitrogens is 3. The van der Waals surface area contributed by atoms with Crippen molar-refractivity contribution in [3.05, 3.63) is 28.8 Å². The van der Waals surface area contributed by atoms with E-state index < -0.39 is 52.0 Å². The van der Waals surface area contributed by atoms with Crippen LogP contribution in [0.5, 0.6) is 11.9 Å². The summed E-state index contributed by atoms with van der Waals surface area (Å²) in [6.45, 7) is 4.77. The highest BCUT2D eigenvalue weighted by Gasteiger charge is 2.49. The molecule has 2 bridgehead atoms. The largest absolute Gasteiger partial charge is 0.472 e. The Morgan fingerprint density at radius 1 is 1.11 bits per heavy atom. The molecule has 1 aliphatic carbocycles. The topological polar surface area (TPSA) is 102 Å². The number of nitrogen functional groups attached to an aromatic ring is 1. The van der Waals surface area contributed by atoms with E-state index in [1.54, 1.807) is 0 Å². The molecule has 3 aromatic rings. The third-order valence-electron chi connectivity index (χ3n) is 11.4. The standard InChI is InChI=1S/C33H38F5N7O2/c1-15-23(33(36,37)38)18(12-19(39)24(15)34)26-25(35)27-22-29(45-13-17-7-8-20(40-17)28(45)16(2)47-30(22)41-26)43-31(42-27)46-14-32-9-4-6-21(32)44(3)11-5-10-32/h12,16-17,20-21,28,40H,4-11,13-14,39H2,1-3H3/t16-,17+,20-,21-,28+,32+/m0/s1. The van der Waals surface area contributed by atoms with E-state index in [-0.39, 0.29) is 46.3 Å². The molecule has 0 radical (unpaired) electrons. The lowest BCUT2D eigenvalue weighted by atomic mass is 9.76. The lowest BCUT2D eigenvalue weighted by Gasteiger charge is -2.44. The second kappa shape index (κ2) is 10.7. The number of benzene rings is 1. The summed E-state index contributed by atoms with van der Waals surface area (Å²) in [6.07, 6.45) is 1.53. The van der Waals surface area contributed by atoms with Crippen molar-refractivity contribution in [3.63, 3.8) is 0 Å². The number of hydrogen-bond donors (Lipinski definition) is 2. The first-order valence-corrected chi connectivity index (χ1v) is 16.5. The number of nitrogens with one attached hydrogen (secondary N) is 1. The van der Waals surface area contributed by atoms with Crippen LogP contribution in [0.1, 0.15) is 63.0 Å². The number of nitrogens with two attached hydrogens (primary N) is 1. The van der Waals surface area contributed by atoms with E-state index in [9.17, 15) is 17.6 Å². The number of rotatable bonds is 4. The fourth-order valence-electron chi connectivity index (χ4n) is 9.29. The Morgan fingerprint density at radius 3 is 2.68 bits per heavy atom. The first-order chi connectivity index (χ1) is 22.4. The van der Waals surface area contributed by atoms with Gasteiger partial charge in [0.2, 0.25) is 5.88 Å². The molecule has 0 amide bonds. The Kier molecular flexibility index (Phi) is 7.04. The van der Waals surface area contributed by atoms with Gasteiger partial charge in [0.05, 0.1) is 23.9 Å². The molecule has 14 heteroatoms. The molecule has 0 unspecified atom stereocenters. The average Bonchev–Trinajstić information content (AvgIpc) is 3.60. The van der Waals surface area contributed by atoms with Crippen molar-refractivity contribution in [2.75, 3.05) is 37.4 Å². The number of alkyl halides is 3. The van der Waals surface area contributed by atoms with Crippen LogP contribution < -0.4 is 25.4 Å². The highest BCUT2D eigenvalue weighted by atomic mass is 19.4. The van der Waals surface area contributed by atoms with Crippen molar-refractivity contribution in [1.82, 2.24) is 25.2 Å². The zero-order valence-corrected chi connectivity index (χ0v) is 26.6. The van der Waals surface area contributed by atoms with Crippen molar-refractivity contribution < 1.29 is 31.4 Å². The molecular formula is C33H38F5N7O2. The fourth-order valence-corrected chi connectivity index (χ4v) is 9.29. The minimum absolute atomic E-state index is 0.0484. The molecular weight excluding hydrogens is 621 g/mol. The van der Waals surface area contributed by atoms with E-state index in [0.29, 0.717) is 25.0 Å². The van der Waals surface area contributed by atoms with E-state index in [1.165, 1.54) is 0 Å². The number of halogens is 5. The molecule has 0 spiro atoms. The summed E-state index contributed by atoms with van der Waals surface area (Å²) in [5, 5.41) is 3.81. The SMILES string of the molecule is Cc1c(F)c(N)cc(-c2nc3c4c(nc(OC[C@]56CCC[C@@H]5N(C)CCC6)nc4c2F)N2C[C@H]4CC[C@H](N4)[C@H]2[C@H](C)O3)c1C(F)(F)F. The minimum atomic E-state index is -5.03. The number of piperidine rings is 1. The number of likely N-dealkylation sites (tertiary alicyclic amines) is 1. The van der Waals surface area contributed by atoms with Crippen LogP contribution in [0, 0.1) is 24.0 Å². The molecule has 1 aromatic carbocycles. The Hall–Kier alpha value is -3.52. The molecule has 3 N–H and O–H groups in total. The Morgan fingerprint density at radius 2 is 1.89 bits per heavy atom. The monoisotopic (exact) mass is 659 g/mol. The van der Waals surface area contributed by atoms with E-state index in [1.807, 2.05) is 6.92 Å². The molecule has 6 atom stereocenters. The second-order valence-corrected chi connectivity index (χ2v) is 14.1. The fraction of sp³-hybridized carbons (Fsp3) is 0.606. The zero-order chi connectivity index (χ0) is 33.0. The lowest BCUT2D eigenvalue weighted by molar-refractivity contribution is -0.137. The maximum Gasteiger partial charge on any atom is 0.417 e. The predicted molar refractivity (Wildman–Crippen MR) is 165 cm³/mol. The Bertz CT molecular complexity index is 1770. The number of hydrogen-bond acceptors (Lipinski definition) is 9. The number of nitrogens with zero attached hydrogens (tertiary/aromatic N) is 5. The van der Waals surface area contributed by atoms with Crippen LogP contribution in [0.4, 0.5) is 33.5 Å². The molecule has 8 rings (SSSR count). The quantitative estimate of drug-likeness (QED) is 0.273. The molecule has 5 aliphatic rings. The van der Waals surface area contributed by atoms with Gasteiger partial charge in [0.15, 0.2) is 5.82 Å². The first-order valence-electron chi connectivity index (χ1n) is 16.5. The predicted octanol–water partition coefficient (Wildman–Crippen LogP) is 5.61. The van der Waals surface area contributed by atoms with E-state index >= 15 is 4.39 Å². The van der Waals surface area contributed by atoms with Gasteiger partial charge in [-0.3, -0.25) is 0 Å². The van der Waals surface area contributed by atoms with Crippen LogP contribution >= 0.6 is 0 Å². The van der Waals surface area contributed by atoms with Crippen molar-refractivity contribution in [2.45, 2.75) is 95.2 Å². The third-order valence-corrected chi connectivity index (χ3v) is 11.4. The summed E-state index contributed by atoms with van der Waals surface area (Å²) in [6, 6.07) is 1.12. The van der Waals surface area contributed by atoms with Crippen LogP contribution in [0.3, 0.4) is 0 Å². The van der Waals surface area contributed by atoms with Gasteiger partial charge in [0, 0.05) is 35.6 Å². The summed E-state index contributed by atoms with van der Waals surface area (Å²) >= 11 is 0. The van der Waals surface area contributed by atoms with Crippen molar-refractivity contribution in [2.24, 2.45) is 5.41 Å². The van der Waals surface area contributed by atoms with E-state index in [2.05, 4.69) is 32.1 Å². The zero-order valence-electron chi connectivity index (χ0n) is 26.6. The summed E-state index contributed by atoms with van der Waals surface area (Å²) in [5.74, 6) is -2.04. The lowest BCUT2D eigenvalue weighted by Crippen LogP contribution is -2.62. The van der Waals surface area contributed by atoms with Crippen LogP contribution in [0.15, 0.2) is 6.07 Å². The van der Waals surface area contributed by atoms with Gasteiger partial charge in [-0.15, -0.1) is 0 Å². The van der Waals surface area contributed by atoms with Gasteiger partial charge in [0.25, 0.3) is 0 Å². The Labute approximate surface area is 269 Å². The van der Waals surface area contributed by atoms with Gasteiger partial charge >= 0.3 is 12.2 Å². The highest BCUT2D eigenvalue weighted by Crippen LogP contribution is 2.49. The van der Waals surface area contributed by atoms with Gasteiger partial charge in [-0.1, -0.05) is 6.42 Å². The van der Waals surface area contributed by atoms with Gasteiger partial charge in [0.1, 0.15) is 34.3 Å². The first kappa shape index (κ1) is 30.8. The molecule has 4 fully saturated rings. The highest BCUT2D eigenvalue weighted by molar-refractivity contribution is 5.97. The van der Waals surface area contributed by atoms with E-state index in [0.717, 1.165) is 64.5 Å². The molecule has 3 saturated heterocycles. The normalized spacial score (nSPS) is 30.2. The van der Waals surface area contributed by atoms with Crippen LogP contribution in [-0.4, -0.2) is 76.9 Å². The number of pyridine rings is 1.